The summed E-state index contributed by atoms with van der Waals surface area (Å²) in [6.07, 6.45) is 5.99. The Balaban J connectivity index is 0.00000180. The minimum Gasteiger partial charge on any atom is -0.316 e. The molecule has 2 heterocycles. The fourth-order valence-corrected chi connectivity index (χ4v) is 2.23. The second-order valence-corrected chi connectivity index (χ2v) is 4.83. The first-order chi connectivity index (χ1) is 8.81. The van der Waals surface area contributed by atoms with E-state index in [2.05, 4.69) is 22.7 Å². The molecule has 1 saturated heterocycles. The van der Waals surface area contributed by atoms with E-state index in [1.54, 1.807) is 6.20 Å². The highest BCUT2D eigenvalue weighted by atomic mass is 35.5. The van der Waals surface area contributed by atoms with E-state index >= 15 is 0 Å². The number of aryl methyl sites for hydroxylation is 1. The Labute approximate surface area is 120 Å². The van der Waals surface area contributed by atoms with Crippen LogP contribution in [0.15, 0.2) is 12.3 Å². The van der Waals surface area contributed by atoms with E-state index < -0.39 is 0 Å². The van der Waals surface area contributed by atoms with Crippen molar-refractivity contribution in [1.82, 2.24) is 15.1 Å². The number of unbranched alkanes of at least 4 members (excludes halogenated alkanes) is 1. The fourth-order valence-electron chi connectivity index (χ4n) is 2.23. The maximum atomic E-state index is 12.1. The molecule has 19 heavy (non-hydrogen) atoms. The van der Waals surface area contributed by atoms with E-state index in [1.807, 2.05) is 10.7 Å². The predicted molar refractivity (Wildman–Crippen MR) is 78.6 cm³/mol. The second-order valence-electron chi connectivity index (χ2n) is 4.83. The van der Waals surface area contributed by atoms with E-state index in [4.69, 9.17) is 0 Å². The topological polar surface area (TPSA) is 59.0 Å². The summed E-state index contributed by atoms with van der Waals surface area (Å²) >= 11 is 0. The van der Waals surface area contributed by atoms with Crippen LogP contribution in [0, 0.1) is 5.92 Å². The van der Waals surface area contributed by atoms with Gasteiger partial charge in [-0.15, -0.1) is 12.4 Å². The maximum absolute atomic E-state index is 12.1. The van der Waals surface area contributed by atoms with Crippen LogP contribution in [0.1, 0.15) is 32.6 Å². The smallest absolute Gasteiger partial charge is 0.229 e. The summed E-state index contributed by atoms with van der Waals surface area (Å²) in [6.45, 7) is 4.82. The lowest BCUT2D eigenvalue weighted by Gasteiger charge is -2.22. The van der Waals surface area contributed by atoms with E-state index in [1.165, 1.54) is 0 Å². The summed E-state index contributed by atoms with van der Waals surface area (Å²) in [6, 6.07) is 1.86. The molecular weight excluding hydrogens is 264 g/mol. The summed E-state index contributed by atoms with van der Waals surface area (Å²) in [5.74, 6) is 1.02. The Bertz CT molecular complexity index is 388. The number of amides is 1. The molecule has 1 aliphatic heterocycles. The molecule has 0 saturated carbocycles. The van der Waals surface area contributed by atoms with Crippen LogP contribution in [0.2, 0.25) is 0 Å². The third-order valence-corrected chi connectivity index (χ3v) is 3.36. The van der Waals surface area contributed by atoms with Gasteiger partial charge in [-0.25, -0.2) is 4.68 Å². The molecule has 1 fully saturated rings. The van der Waals surface area contributed by atoms with Gasteiger partial charge in [-0.2, -0.15) is 5.10 Å². The number of piperidine rings is 1. The van der Waals surface area contributed by atoms with Gasteiger partial charge in [0, 0.05) is 19.2 Å². The molecule has 0 aliphatic carbocycles. The van der Waals surface area contributed by atoms with Gasteiger partial charge in [0.2, 0.25) is 5.91 Å². The molecular formula is C13H23ClN4O. The Morgan fingerprint density at radius 3 is 3.16 bits per heavy atom. The SMILES string of the molecule is CCCCn1nccc1NC(=O)C1CCCNC1.Cl. The number of nitrogens with one attached hydrogen (secondary N) is 2. The number of halogens is 1. The number of aromatic nitrogens is 2. The number of rotatable bonds is 5. The Morgan fingerprint density at radius 1 is 1.63 bits per heavy atom. The average Bonchev–Trinajstić information content (AvgIpc) is 2.84. The predicted octanol–water partition coefficient (Wildman–Crippen LogP) is 2.04. The largest absolute Gasteiger partial charge is 0.316 e. The van der Waals surface area contributed by atoms with Crippen molar-refractivity contribution in [2.75, 3.05) is 18.4 Å². The maximum Gasteiger partial charge on any atom is 0.229 e. The molecule has 5 nitrogen and oxygen atoms in total. The second kappa shape index (κ2) is 8.17. The van der Waals surface area contributed by atoms with Gasteiger partial charge >= 0.3 is 0 Å². The van der Waals surface area contributed by atoms with Crippen molar-refractivity contribution in [1.29, 1.82) is 0 Å². The van der Waals surface area contributed by atoms with Gasteiger partial charge in [0.05, 0.1) is 12.1 Å². The molecule has 1 aliphatic rings. The first-order valence-electron chi connectivity index (χ1n) is 6.84. The van der Waals surface area contributed by atoms with Crippen LogP contribution >= 0.6 is 12.4 Å². The van der Waals surface area contributed by atoms with Gasteiger partial charge in [0.15, 0.2) is 0 Å². The fraction of sp³-hybridized carbons (Fsp3) is 0.692. The van der Waals surface area contributed by atoms with Crippen molar-refractivity contribution < 1.29 is 4.79 Å². The number of nitrogens with zero attached hydrogens (tertiary/aromatic N) is 2. The Hall–Kier alpha value is -1.07. The standard InChI is InChI=1S/C13H22N4O.ClH/c1-2-3-9-17-12(6-8-15-17)16-13(18)11-5-4-7-14-10-11;/h6,8,11,14H,2-5,7,9-10H2,1H3,(H,16,18);1H. The third kappa shape index (κ3) is 4.51. The Kier molecular flexibility index (Phi) is 6.87. The molecule has 0 aromatic carbocycles. The van der Waals surface area contributed by atoms with E-state index in [0.29, 0.717) is 0 Å². The molecule has 6 heteroatoms. The molecule has 108 valence electrons. The number of hydrogen-bond acceptors (Lipinski definition) is 3. The lowest BCUT2D eigenvalue weighted by molar-refractivity contribution is -0.120. The number of hydrogen-bond donors (Lipinski definition) is 2. The van der Waals surface area contributed by atoms with Crippen LogP contribution in [0.4, 0.5) is 5.82 Å². The van der Waals surface area contributed by atoms with Crippen LogP contribution in [-0.2, 0) is 11.3 Å². The van der Waals surface area contributed by atoms with Crippen molar-refractivity contribution in [3.05, 3.63) is 12.3 Å². The van der Waals surface area contributed by atoms with Crippen LogP contribution in [-0.4, -0.2) is 28.8 Å². The summed E-state index contributed by atoms with van der Waals surface area (Å²) in [5.41, 5.74) is 0. The number of carbonyl (C=O) groups is 1. The monoisotopic (exact) mass is 286 g/mol. The lowest BCUT2D eigenvalue weighted by atomic mass is 9.99. The molecule has 2 rings (SSSR count). The van der Waals surface area contributed by atoms with E-state index in [0.717, 1.165) is 51.1 Å². The van der Waals surface area contributed by atoms with Crippen molar-refractivity contribution in [2.45, 2.75) is 39.2 Å². The molecule has 1 unspecified atom stereocenters. The quantitative estimate of drug-likeness (QED) is 0.871. The third-order valence-electron chi connectivity index (χ3n) is 3.36. The molecule has 1 aromatic rings. The van der Waals surface area contributed by atoms with Gasteiger partial charge in [-0.1, -0.05) is 13.3 Å². The molecule has 0 bridgehead atoms. The molecule has 1 amide bonds. The molecule has 1 aromatic heterocycles. The minimum atomic E-state index is 0. The normalized spacial score (nSPS) is 18.7. The molecule has 2 N–H and O–H groups in total. The van der Waals surface area contributed by atoms with Gasteiger partial charge in [-0.05, 0) is 25.8 Å². The Morgan fingerprint density at radius 2 is 2.47 bits per heavy atom. The van der Waals surface area contributed by atoms with Crippen molar-refractivity contribution >= 4 is 24.1 Å². The highest BCUT2D eigenvalue weighted by Crippen LogP contribution is 2.14. The zero-order valence-electron chi connectivity index (χ0n) is 11.4. The highest BCUT2D eigenvalue weighted by molar-refractivity contribution is 5.91. The lowest BCUT2D eigenvalue weighted by Crippen LogP contribution is -2.37. The molecule has 1 atom stereocenters. The van der Waals surface area contributed by atoms with Gasteiger partial charge in [-0.3, -0.25) is 4.79 Å². The van der Waals surface area contributed by atoms with E-state index in [9.17, 15) is 4.79 Å². The van der Waals surface area contributed by atoms with E-state index in [-0.39, 0.29) is 24.2 Å². The van der Waals surface area contributed by atoms with Crippen LogP contribution in [0.5, 0.6) is 0 Å². The van der Waals surface area contributed by atoms with Gasteiger partial charge in [0.25, 0.3) is 0 Å². The molecule has 0 spiro atoms. The molecule has 0 radical (unpaired) electrons. The van der Waals surface area contributed by atoms with Crippen LogP contribution in [0.3, 0.4) is 0 Å². The number of carbonyl (C=O) groups excluding carboxylic acids is 1. The highest BCUT2D eigenvalue weighted by Gasteiger charge is 2.21. The van der Waals surface area contributed by atoms with Crippen molar-refractivity contribution in [3.8, 4) is 0 Å². The van der Waals surface area contributed by atoms with Gasteiger partial charge < -0.3 is 10.6 Å². The summed E-state index contributed by atoms with van der Waals surface area (Å²) < 4.78 is 1.87. The average molecular weight is 287 g/mol. The zero-order chi connectivity index (χ0) is 12.8. The first kappa shape index (κ1) is 16.0. The van der Waals surface area contributed by atoms with Crippen molar-refractivity contribution in [2.24, 2.45) is 5.92 Å². The number of anilines is 1. The summed E-state index contributed by atoms with van der Waals surface area (Å²) in [5, 5.41) is 10.5. The summed E-state index contributed by atoms with van der Waals surface area (Å²) in [4.78, 5) is 12.1. The summed E-state index contributed by atoms with van der Waals surface area (Å²) in [7, 11) is 0. The van der Waals surface area contributed by atoms with Gasteiger partial charge in [0.1, 0.15) is 5.82 Å². The van der Waals surface area contributed by atoms with Crippen LogP contribution < -0.4 is 10.6 Å². The van der Waals surface area contributed by atoms with Crippen molar-refractivity contribution in [3.63, 3.8) is 0 Å². The zero-order valence-corrected chi connectivity index (χ0v) is 12.2. The minimum absolute atomic E-state index is 0. The first-order valence-corrected chi connectivity index (χ1v) is 6.84. The van der Waals surface area contributed by atoms with Crippen LogP contribution in [0.25, 0.3) is 0 Å².